The number of hydrogen-bond acceptors (Lipinski definition) is 3. The predicted octanol–water partition coefficient (Wildman–Crippen LogP) is 2.03. The second-order valence-corrected chi connectivity index (χ2v) is 7.12. The van der Waals surface area contributed by atoms with E-state index in [-0.39, 0.29) is 23.4 Å². The Bertz CT molecular complexity index is 669. The number of hydrogen-bond donors (Lipinski definition) is 1. The first kappa shape index (κ1) is 18.8. The number of nitrogens with one attached hydrogen (secondary N) is 1. The van der Waals surface area contributed by atoms with Crippen molar-refractivity contribution >= 4 is 11.8 Å². The minimum absolute atomic E-state index is 0.1000. The van der Waals surface area contributed by atoms with E-state index in [2.05, 4.69) is 5.32 Å². The van der Waals surface area contributed by atoms with Gasteiger partial charge < -0.3 is 15.1 Å². The maximum atomic E-state index is 13.8. The fourth-order valence-electron chi connectivity index (χ4n) is 3.82. The summed E-state index contributed by atoms with van der Waals surface area (Å²) in [6.45, 7) is 2.68. The molecule has 7 heteroatoms. The van der Waals surface area contributed by atoms with Gasteiger partial charge in [-0.1, -0.05) is 0 Å². The van der Waals surface area contributed by atoms with E-state index in [4.69, 9.17) is 0 Å². The Morgan fingerprint density at radius 1 is 1.12 bits per heavy atom. The molecule has 1 aromatic carbocycles. The highest BCUT2D eigenvalue weighted by molar-refractivity contribution is 5.94. The number of nitrogens with zero attached hydrogens (tertiary/aromatic N) is 2. The molecule has 2 amide bonds. The maximum absolute atomic E-state index is 13.8. The molecule has 0 aliphatic carbocycles. The molecule has 0 aromatic heterocycles. The van der Waals surface area contributed by atoms with Crippen LogP contribution in [0.4, 0.5) is 8.78 Å². The van der Waals surface area contributed by atoms with Crippen LogP contribution in [0.15, 0.2) is 18.2 Å². The van der Waals surface area contributed by atoms with Crippen LogP contribution in [0.1, 0.15) is 36.0 Å². The molecule has 0 unspecified atom stereocenters. The van der Waals surface area contributed by atoms with Crippen LogP contribution in [0.5, 0.6) is 0 Å². The highest BCUT2D eigenvalue weighted by Crippen LogP contribution is 2.24. The zero-order chi connectivity index (χ0) is 18.7. The second-order valence-electron chi connectivity index (χ2n) is 7.12. The van der Waals surface area contributed by atoms with Gasteiger partial charge in [-0.2, -0.15) is 0 Å². The van der Waals surface area contributed by atoms with Gasteiger partial charge in [-0.05, 0) is 50.9 Å². The first-order chi connectivity index (χ1) is 12.5. The molecular weight excluding hydrogens is 340 g/mol. The first-order valence-electron chi connectivity index (χ1n) is 9.19. The van der Waals surface area contributed by atoms with Gasteiger partial charge in [0.15, 0.2) is 0 Å². The number of halogens is 2. The van der Waals surface area contributed by atoms with Crippen molar-refractivity contribution < 1.29 is 18.4 Å². The molecular formula is C19H25F2N3O2. The van der Waals surface area contributed by atoms with Gasteiger partial charge in [0.2, 0.25) is 5.91 Å². The normalized spacial score (nSPS) is 19.4. The van der Waals surface area contributed by atoms with Gasteiger partial charge in [0.25, 0.3) is 5.91 Å². The summed E-state index contributed by atoms with van der Waals surface area (Å²) in [6.07, 6.45) is 3.07. The molecule has 142 valence electrons. The molecule has 2 saturated heterocycles. The smallest absolute Gasteiger partial charge is 0.256 e. The van der Waals surface area contributed by atoms with Crippen LogP contribution in [-0.4, -0.2) is 60.9 Å². The largest absolute Gasteiger partial charge is 0.342 e. The van der Waals surface area contributed by atoms with Crippen LogP contribution in [-0.2, 0) is 4.79 Å². The van der Waals surface area contributed by atoms with E-state index in [1.807, 2.05) is 11.9 Å². The summed E-state index contributed by atoms with van der Waals surface area (Å²) in [6, 6.07) is 3.25. The second kappa shape index (κ2) is 8.12. The molecule has 26 heavy (non-hydrogen) atoms. The molecule has 3 rings (SSSR count). The van der Waals surface area contributed by atoms with Crippen molar-refractivity contribution in [1.29, 1.82) is 0 Å². The zero-order valence-corrected chi connectivity index (χ0v) is 15.0. The average Bonchev–Trinajstić information content (AvgIpc) is 2.67. The van der Waals surface area contributed by atoms with Crippen molar-refractivity contribution in [2.45, 2.75) is 31.7 Å². The van der Waals surface area contributed by atoms with Crippen LogP contribution in [0.3, 0.4) is 0 Å². The summed E-state index contributed by atoms with van der Waals surface area (Å²) < 4.78 is 26.8. The van der Waals surface area contributed by atoms with Crippen molar-refractivity contribution in [3.8, 4) is 0 Å². The Kier molecular flexibility index (Phi) is 5.86. The molecule has 0 spiro atoms. The topological polar surface area (TPSA) is 52.7 Å². The SMILES string of the molecule is CN(C(=O)C1CCN(C(=O)c2ccc(F)cc2F)CC1)C1CCNCC1. The highest BCUT2D eigenvalue weighted by atomic mass is 19.1. The van der Waals surface area contributed by atoms with Gasteiger partial charge in [-0.25, -0.2) is 8.78 Å². The molecule has 1 N–H and O–H groups in total. The average molecular weight is 365 g/mol. The Labute approximate surface area is 152 Å². The van der Waals surface area contributed by atoms with E-state index in [1.165, 1.54) is 6.07 Å². The lowest BCUT2D eigenvalue weighted by Gasteiger charge is -2.37. The van der Waals surface area contributed by atoms with Crippen molar-refractivity contribution in [3.63, 3.8) is 0 Å². The molecule has 0 atom stereocenters. The van der Waals surface area contributed by atoms with Gasteiger partial charge in [-0.3, -0.25) is 9.59 Å². The van der Waals surface area contributed by atoms with Crippen LogP contribution in [0.2, 0.25) is 0 Å². The number of rotatable bonds is 3. The lowest BCUT2D eigenvalue weighted by Crippen LogP contribution is -2.48. The minimum atomic E-state index is -0.848. The molecule has 2 heterocycles. The number of piperidine rings is 2. The summed E-state index contributed by atoms with van der Waals surface area (Å²) in [5.74, 6) is -1.96. The van der Waals surface area contributed by atoms with Gasteiger partial charge >= 0.3 is 0 Å². The summed E-state index contributed by atoms with van der Waals surface area (Å²) in [5.41, 5.74) is -0.122. The number of carbonyl (C=O) groups is 2. The first-order valence-corrected chi connectivity index (χ1v) is 9.19. The van der Waals surface area contributed by atoms with Gasteiger partial charge in [-0.15, -0.1) is 0 Å². The monoisotopic (exact) mass is 365 g/mol. The van der Waals surface area contributed by atoms with E-state index in [0.29, 0.717) is 25.9 Å². The molecule has 0 saturated carbocycles. The Morgan fingerprint density at radius 3 is 2.38 bits per heavy atom. The van der Waals surface area contributed by atoms with E-state index in [0.717, 1.165) is 38.1 Å². The quantitative estimate of drug-likeness (QED) is 0.892. The van der Waals surface area contributed by atoms with Gasteiger partial charge in [0.1, 0.15) is 11.6 Å². The van der Waals surface area contributed by atoms with Crippen LogP contribution < -0.4 is 5.32 Å². The summed E-state index contributed by atoms with van der Waals surface area (Å²) in [5, 5.41) is 3.29. The van der Waals surface area contributed by atoms with E-state index in [9.17, 15) is 18.4 Å². The fraction of sp³-hybridized carbons (Fsp3) is 0.579. The zero-order valence-electron chi connectivity index (χ0n) is 15.0. The van der Waals surface area contributed by atoms with E-state index >= 15 is 0 Å². The summed E-state index contributed by atoms with van der Waals surface area (Å²) in [4.78, 5) is 28.6. The molecule has 5 nitrogen and oxygen atoms in total. The molecule has 2 aliphatic rings. The summed E-state index contributed by atoms with van der Waals surface area (Å²) in [7, 11) is 1.86. The Morgan fingerprint density at radius 2 is 1.77 bits per heavy atom. The highest BCUT2D eigenvalue weighted by Gasteiger charge is 2.32. The third kappa shape index (κ3) is 4.03. The third-order valence-electron chi connectivity index (χ3n) is 5.50. The van der Waals surface area contributed by atoms with Crippen molar-refractivity contribution in [2.75, 3.05) is 33.2 Å². The van der Waals surface area contributed by atoms with Crippen LogP contribution in [0, 0.1) is 17.6 Å². The fourth-order valence-corrected chi connectivity index (χ4v) is 3.82. The lowest BCUT2D eigenvalue weighted by molar-refractivity contribution is -0.138. The predicted molar refractivity (Wildman–Crippen MR) is 93.6 cm³/mol. The lowest BCUT2D eigenvalue weighted by atomic mass is 9.93. The molecule has 2 aliphatic heterocycles. The molecule has 2 fully saturated rings. The number of benzene rings is 1. The molecule has 0 radical (unpaired) electrons. The van der Waals surface area contributed by atoms with Crippen molar-refractivity contribution in [3.05, 3.63) is 35.4 Å². The Balaban J connectivity index is 1.56. The van der Waals surface area contributed by atoms with Gasteiger partial charge in [0.05, 0.1) is 5.56 Å². The number of amides is 2. The number of likely N-dealkylation sites (tertiary alicyclic amines) is 1. The summed E-state index contributed by atoms with van der Waals surface area (Å²) >= 11 is 0. The molecule has 1 aromatic rings. The maximum Gasteiger partial charge on any atom is 0.256 e. The van der Waals surface area contributed by atoms with Crippen LogP contribution >= 0.6 is 0 Å². The Hall–Kier alpha value is -2.02. The minimum Gasteiger partial charge on any atom is -0.342 e. The van der Waals surface area contributed by atoms with Crippen molar-refractivity contribution in [2.24, 2.45) is 5.92 Å². The van der Waals surface area contributed by atoms with E-state index < -0.39 is 17.5 Å². The third-order valence-corrected chi connectivity index (χ3v) is 5.50. The van der Waals surface area contributed by atoms with Crippen molar-refractivity contribution in [1.82, 2.24) is 15.1 Å². The van der Waals surface area contributed by atoms with Gasteiger partial charge in [0, 0.05) is 38.2 Å². The number of carbonyl (C=O) groups excluding carboxylic acids is 2. The van der Waals surface area contributed by atoms with Crippen LogP contribution in [0.25, 0.3) is 0 Å². The molecule has 0 bridgehead atoms. The van der Waals surface area contributed by atoms with E-state index in [1.54, 1.807) is 4.90 Å². The standard InChI is InChI=1S/C19H25F2N3O2/c1-23(15-4-8-22-9-5-15)18(25)13-6-10-24(11-7-13)19(26)16-3-2-14(20)12-17(16)21/h2-3,12-13,15,22H,4-11H2,1H3.